The molecule has 1 N–H and O–H groups in total. The highest BCUT2D eigenvalue weighted by atomic mass is 32.2. The molecule has 0 aliphatic rings. The molecule has 0 fully saturated rings. The largest absolute Gasteiger partial charge is 0.481 e. The maximum absolute atomic E-state index is 11.1. The monoisotopic (exact) mass is 230 g/mol. The summed E-state index contributed by atoms with van der Waals surface area (Å²) in [4.78, 5) is 17.6. The second-order valence-corrected chi connectivity index (χ2v) is 4.91. The molecule has 0 atom stereocenters. The standard InChI is InChI=1S/C8H10N2O4S/c1-15(13,14)8-9-5-4-6(10-8)2-3-7(11)12/h4-5H,2-3H2,1H3,(H,11,12). The van der Waals surface area contributed by atoms with Crippen molar-refractivity contribution in [2.45, 2.75) is 18.0 Å². The van der Waals surface area contributed by atoms with E-state index in [2.05, 4.69) is 9.97 Å². The molecule has 7 heteroatoms. The second kappa shape index (κ2) is 4.35. The molecule has 0 aliphatic heterocycles. The average molecular weight is 230 g/mol. The van der Waals surface area contributed by atoms with Gasteiger partial charge in [0.25, 0.3) is 0 Å². The predicted octanol–water partition coefficient (Wildman–Crippen LogP) is -0.103. The molecule has 82 valence electrons. The summed E-state index contributed by atoms with van der Waals surface area (Å²) in [6.07, 6.45) is 2.42. The number of aromatic nitrogens is 2. The van der Waals surface area contributed by atoms with E-state index in [0.717, 1.165) is 6.26 Å². The van der Waals surface area contributed by atoms with Gasteiger partial charge in [0.05, 0.1) is 6.42 Å². The van der Waals surface area contributed by atoms with E-state index in [1.54, 1.807) is 0 Å². The molecule has 0 amide bonds. The SMILES string of the molecule is CS(=O)(=O)c1nccc(CCC(=O)O)n1. The summed E-state index contributed by atoms with van der Waals surface area (Å²) in [5.74, 6) is -0.950. The third-order valence-corrected chi connectivity index (χ3v) is 2.48. The van der Waals surface area contributed by atoms with Crippen LogP contribution in [-0.4, -0.2) is 35.7 Å². The van der Waals surface area contributed by atoms with Gasteiger partial charge in [-0.2, -0.15) is 0 Å². The molecule has 1 heterocycles. The van der Waals surface area contributed by atoms with Gasteiger partial charge in [-0.25, -0.2) is 18.4 Å². The van der Waals surface area contributed by atoms with E-state index in [-0.39, 0.29) is 18.0 Å². The lowest BCUT2D eigenvalue weighted by atomic mass is 10.2. The van der Waals surface area contributed by atoms with Crippen LogP contribution in [0.5, 0.6) is 0 Å². The first-order valence-corrected chi connectivity index (χ1v) is 6.02. The average Bonchev–Trinajstić information content (AvgIpc) is 2.14. The Labute approximate surface area is 86.9 Å². The van der Waals surface area contributed by atoms with Crippen LogP contribution >= 0.6 is 0 Å². The topological polar surface area (TPSA) is 97.2 Å². The van der Waals surface area contributed by atoms with Crippen molar-refractivity contribution < 1.29 is 18.3 Å². The van der Waals surface area contributed by atoms with Gasteiger partial charge in [0.15, 0.2) is 0 Å². The summed E-state index contributed by atoms with van der Waals surface area (Å²) < 4.78 is 22.2. The molecule has 0 radical (unpaired) electrons. The van der Waals surface area contributed by atoms with Gasteiger partial charge < -0.3 is 5.11 Å². The van der Waals surface area contributed by atoms with Crippen molar-refractivity contribution in [1.29, 1.82) is 0 Å². The molecule has 0 saturated carbocycles. The van der Waals surface area contributed by atoms with Gasteiger partial charge in [-0.05, 0) is 6.07 Å². The molecular weight excluding hydrogens is 220 g/mol. The Balaban J connectivity index is 2.89. The molecule has 0 spiro atoms. The van der Waals surface area contributed by atoms with Crippen molar-refractivity contribution in [3.05, 3.63) is 18.0 Å². The van der Waals surface area contributed by atoms with E-state index in [1.165, 1.54) is 12.3 Å². The summed E-state index contributed by atoms with van der Waals surface area (Å²) in [5.41, 5.74) is 0.410. The molecular formula is C8H10N2O4S. The zero-order valence-electron chi connectivity index (χ0n) is 8.04. The van der Waals surface area contributed by atoms with E-state index >= 15 is 0 Å². The summed E-state index contributed by atoms with van der Waals surface area (Å²) in [6, 6.07) is 1.50. The van der Waals surface area contributed by atoms with Crippen LogP contribution in [0.15, 0.2) is 17.4 Å². The van der Waals surface area contributed by atoms with E-state index < -0.39 is 15.8 Å². The van der Waals surface area contributed by atoms with Crippen LogP contribution in [0.4, 0.5) is 0 Å². The number of aryl methyl sites for hydroxylation is 1. The number of carboxylic acids is 1. The lowest BCUT2D eigenvalue weighted by molar-refractivity contribution is -0.136. The van der Waals surface area contributed by atoms with Crippen LogP contribution in [0.2, 0.25) is 0 Å². The van der Waals surface area contributed by atoms with Crippen molar-refractivity contribution >= 4 is 15.8 Å². The Morgan fingerprint density at radius 3 is 2.73 bits per heavy atom. The molecule has 6 nitrogen and oxygen atoms in total. The Morgan fingerprint density at radius 1 is 1.53 bits per heavy atom. The molecule has 0 aliphatic carbocycles. The fourth-order valence-corrected chi connectivity index (χ4v) is 1.46. The van der Waals surface area contributed by atoms with Crippen LogP contribution in [0, 0.1) is 0 Å². The number of hydrogen-bond acceptors (Lipinski definition) is 5. The van der Waals surface area contributed by atoms with E-state index in [1.807, 2.05) is 0 Å². The van der Waals surface area contributed by atoms with E-state index in [9.17, 15) is 13.2 Å². The maximum atomic E-state index is 11.1. The van der Waals surface area contributed by atoms with Gasteiger partial charge in [0.1, 0.15) is 0 Å². The molecule has 15 heavy (non-hydrogen) atoms. The second-order valence-electron chi connectivity index (χ2n) is 3.00. The molecule has 0 bridgehead atoms. The van der Waals surface area contributed by atoms with Crippen molar-refractivity contribution in [1.82, 2.24) is 9.97 Å². The molecule has 1 aromatic heterocycles. The van der Waals surface area contributed by atoms with Crippen molar-refractivity contribution in [2.75, 3.05) is 6.26 Å². The maximum Gasteiger partial charge on any atom is 0.303 e. The molecule has 1 rings (SSSR count). The molecule has 0 saturated heterocycles. The van der Waals surface area contributed by atoms with Gasteiger partial charge in [-0.3, -0.25) is 4.79 Å². The highest BCUT2D eigenvalue weighted by Crippen LogP contribution is 2.04. The van der Waals surface area contributed by atoms with Crippen LogP contribution in [0.3, 0.4) is 0 Å². The first kappa shape index (κ1) is 11.6. The third kappa shape index (κ3) is 3.62. The van der Waals surface area contributed by atoms with Crippen LogP contribution < -0.4 is 0 Å². The first-order chi connectivity index (χ1) is 6.89. The number of hydrogen-bond donors (Lipinski definition) is 1. The Hall–Kier alpha value is -1.50. The first-order valence-electron chi connectivity index (χ1n) is 4.13. The van der Waals surface area contributed by atoms with E-state index in [0.29, 0.717) is 5.69 Å². The van der Waals surface area contributed by atoms with Crippen molar-refractivity contribution in [3.8, 4) is 0 Å². The Bertz CT molecular complexity index is 469. The number of carboxylic acid groups (broad SMARTS) is 1. The lowest BCUT2D eigenvalue weighted by Crippen LogP contribution is -2.07. The molecule has 1 aromatic rings. The van der Waals surface area contributed by atoms with Crippen LogP contribution in [0.1, 0.15) is 12.1 Å². The minimum Gasteiger partial charge on any atom is -0.481 e. The predicted molar refractivity (Wildman–Crippen MR) is 51.1 cm³/mol. The van der Waals surface area contributed by atoms with Gasteiger partial charge in [-0.1, -0.05) is 0 Å². The molecule has 0 aromatic carbocycles. The summed E-state index contributed by atoms with van der Waals surface area (Å²) in [6.45, 7) is 0. The Morgan fingerprint density at radius 2 is 2.20 bits per heavy atom. The highest BCUT2D eigenvalue weighted by molar-refractivity contribution is 7.90. The van der Waals surface area contributed by atoms with E-state index in [4.69, 9.17) is 5.11 Å². The van der Waals surface area contributed by atoms with Crippen molar-refractivity contribution in [3.63, 3.8) is 0 Å². The number of nitrogens with zero attached hydrogens (tertiary/aromatic N) is 2. The fraction of sp³-hybridized carbons (Fsp3) is 0.375. The zero-order chi connectivity index (χ0) is 11.5. The highest BCUT2D eigenvalue weighted by Gasteiger charge is 2.11. The zero-order valence-corrected chi connectivity index (χ0v) is 8.86. The van der Waals surface area contributed by atoms with Gasteiger partial charge in [0.2, 0.25) is 15.0 Å². The van der Waals surface area contributed by atoms with Crippen molar-refractivity contribution in [2.24, 2.45) is 0 Å². The smallest absolute Gasteiger partial charge is 0.303 e. The third-order valence-electron chi connectivity index (χ3n) is 1.62. The number of aliphatic carboxylic acids is 1. The minimum atomic E-state index is -3.43. The van der Waals surface area contributed by atoms with Crippen LogP contribution in [-0.2, 0) is 21.1 Å². The van der Waals surface area contributed by atoms with Gasteiger partial charge in [-0.15, -0.1) is 0 Å². The summed E-state index contributed by atoms with van der Waals surface area (Å²) in [7, 11) is -3.43. The van der Waals surface area contributed by atoms with Gasteiger partial charge >= 0.3 is 5.97 Å². The quantitative estimate of drug-likeness (QED) is 0.725. The summed E-state index contributed by atoms with van der Waals surface area (Å²) in [5, 5.41) is 8.17. The number of rotatable bonds is 4. The normalized spacial score (nSPS) is 11.3. The Kier molecular flexibility index (Phi) is 3.35. The van der Waals surface area contributed by atoms with Crippen LogP contribution in [0.25, 0.3) is 0 Å². The fourth-order valence-electron chi connectivity index (χ4n) is 0.929. The molecule has 0 unspecified atom stereocenters. The lowest BCUT2D eigenvalue weighted by Gasteiger charge is -2.00. The minimum absolute atomic E-state index is 0.0831. The number of sulfone groups is 1. The number of carbonyl (C=O) groups is 1. The van der Waals surface area contributed by atoms with Gasteiger partial charge in [0, 0.05) is 24.6 Å². The summed E-state index contributed by atoms with van der Waals surface area (Å²) >= 11 is 0.